The third-order valence-electron chi connectivity index (χ3n) is 2.07. The molecule has 1 aromatic carbocycles. The fraction of sp³-hybridized carbons (Fsp3) is 0.167. The molecule has 0 heterocycles. The van der Waals surface area contributed by atoms with Gasteiger partial charge in [-0.2, -0.15) is 0 Å². The molecule has 5 heteroatoms. The van der Waals surface area contributed by atoms with Crippen molar-refractivity contribution in [2.24, 2.45) is 0 Å². The van der Waals surface area contributed by atoms with Crippen molar-refractivity contribution in [2.75, 3.05) is 0 Å². The number of nitrogens with one attached hydrogen (secondary N) is 1. The maximum atomic E-state index is 11.7. The molecule has 1 rings (SSSR count). The molecular weight excluding hydrogens is 286 g/mol. The van der Waals surface area contributed by atoms with Crippen LogP contribution in [0.4, 0.5) is 0 Å². The van der Waals surface area contributed by atoms with Crippen LogP contribution in [0.25, 0.3) is 0 Å². The first kappa shape index (κ1) is 13.4. The van der Waals surface area contributed by atoms with Gasteiger partial charge < -0.3 is 10.4 Å². The van der Waals surface area contributed by atoms with Gasteiger partial charge in [-0.3, -0.25) is 4.79 Å². The number of hydrogen-bond acceptors (Lipinski definition) is 2. The van der Waals surface area contributed by atoms with E-state index in [0.29, 0.717) is 10.0 Å². The van der Waals surface area contributed by atoms with Crippen LogP contribution in [0.5, 0.6) is 0 Å². The molecule has 0 aliphatic carbocycles. The Morgan fingerprint density at radius 3 is 2.41 bits per heavy atom. The van der Waals surface area contributed by atoms with E-state index in [4.69, 9.17) is 5.11 Å². The topological polar surface area (TPSA) is 66.4 Å². The predicted octanol–water partition coefficient (Wildman–Crippen LogP) is 2.17. The summed E-state index contributed by atoms with van der Waals surface area (Å²) in [6.45, 7) is 3.56. The van der Waals surface area contributed by atoms with Gasteiger partial charge in [0.05, 0.1) is 0 Å². The molecule has 0 aromatic heterocycles. The minimum Gasteiger partial charge on any atom is -0.480 e. The van der Waals surface area contributed by atoms with E-state index in [-0.39, 0.29) is 6.42 Å². The molecule has 0 bridgehead atoms. The second kappa shape index (κ2) is 6.20. The molecule has 0 saturated heterocycles. The highest BCUT2D eigenvalue weighted by Crippen LogP contribution is 2.11. The zero-order chi connectivity index (χ0) is 12.8. The van der Waals surface area contributed by atoms with Gasteiger partial charge in [0.25, 0.3) is 5.91 Å². The van der Waals surface area contributed by atoms with E-state index in [9.17, 15) is 9.59 Å². The van der Waals surface area contributed by atoms with Gasteiger partial charge in [-0.25, -0.2) is 4.79 Å². The van der Waals surface area contributed by atoms with E-state index in [1.807, 2.05) is 0 Å². The van der Waals surface area contributed by atoms with E-state index in [0.717, 1.165) is 0 Å². The number of halogens is 1. The summed E-state index contributed by atoms with van der Waals surface area (Å²) in [5.74, 6) is -1.50. The van der Waals surface area contributed by atoms with Crippen molar-refractivity contribution in [1.82, 2.24) is 5.32 Å². The Labute approximate surface area is 107 Å². The molecule has 4 nitrogen and oxygen atoms in total. The molecular formula is C12H12BrNO3. The second-order valence-electron chi connectivity index (χ2n) is 3.45. The zero-order valence-electron chi connectivity index (χ0n) is 9.02. The Morgan fingerprint density at radius 1 is 1.35 bits per heavy atom. The number of carboxylic acids is 1. The Morgan fingerprint density at radius 2 is 1.94 bits per heavy atom. The molecule has 0 radical (unpaired) electrons. The lowest BCUT2D eigenvalue weighted by molar-refractivity contribution is -0.139. The van der Waals surface area contributed by atoms with E-state index in [1.54, 1.807) is 30.3 Å². The number of hydrogen-bond donors (Lipinski definition) is 2. The first-order chi connectivity index (χ1) is 8.00. The van der Waals surface area contributed by atoms with Crippen molar-refractivity contribution < 1.29 is 14.7 Å². The SMILES string of the molecule is C=C(Br)C[C@@H](NC(=O)c1ccccc1)C(=O)O. The van der Waals surface area contributed by atoms with Gasteiger partial charge in [0.2, 0.25) is 0 Å². The van der Waals surface area contributed by atoms with Gasteiger partial charge in [-0.1, -0.05) is 40.7 Å². The normalized spacial score (nSPS) is 11.6. The second-order valence-corrected chi connectivity index (χ2v) is 4.57. The summed E-state index contributed by atoms with van der Waals surface area (Å²) in [5.41, 5.74) is 0.430. The molecule has 0 spiro atoms. The van der Waals surface area contributed by atoms with Crippen LogP contribution < -0.4 is 5.32 Å². The van der Waals surface area contributed by atoms with E-state index in [2.05, 4.69) is 27.8 Å². The maximum absolute atomic E-state index is 11.7. The molecule has 1 aromatic rings. The average molecular weight is 298 g/mol. The molecule has 17 heavy (non-hydrogen) atoms. The number of carbonyl (C=O) groups excluding carboxylic acids is 1. The first-order valence-electron chi connectivity index (χ1n) is 4.92. The summed E-state index contributed by atoms with van der Waals surface area (Å²) in [6.07, 6.45) is 0.147. The van der Waals surface area contributed by atoms with E-state index < -0.39 is 17.9 Å². The highest BCUT2D eigenvalue weighted by atomic mass is 79.9. The van der Waals surface area contributed by atoms with Crippen LogP contribution in [-0.2, 0) is 4.79 Å². The van der Waals surface area contributed by atoms with Crippen LogP contribution in [-0.4, -0.2) is 23.0 Å². The smallest absolute Gasteiger partial charge is 0.326 e. The molecule has 0 unspecified atom stereocenters. The first-order valence-corrected chi connectivity index (χ1v) is 5.72. The molecule has 1 amide bonds. The van der Waals surface area contributed by atoms with Crippen LogP contribution in [0.3, 0.4) is 0 Å². The molecule has 90 valence electrons. The number of carboxylic acid groups (broad SMARTS) is 1. The van der Waals surface area contributed by atoms with Crippen LogP contribution in [0, 0.1) is 0 Å². The van der Waals surface area contributed by atoms with Gasteiger partial charge >= 0.3 is 5.97 Å². The minimum absolute atomic E-state index is 0.147. The van der Waals surface area contributed by atoms with Gasteiger partial charge in [0.15, 0.2) is 0 Å². The lowest BCUT2D eigenvalue weighted by Crippen LogP contribution is -2.40. The number of rotatable bonds is 5. The monoisotopic (exact) mass is 297 g/mol. The lowest BCUT2D eigenvalue weighted by Gasteiger charge is -2.13. The van der Waals surface area contributed by atoms with Crippen LogP contribution >= 0.6 is 15.9 Å². The largest absolute Gasteiger partial charge is 0.480 e. The molecule has 1 atom stereocenters. The summed E-state index contributed by atoms with van der Waals surface area (Å²) in [4.78, 5) is 22.6. The fourth-order valence-electron chi connectivity index (χ4n) is 1.25. The maximum Gasteiger partial charge on any atom is 0.326 e. The van der Waals surface area contributed by atoms with Crippen molar-refractivity contribution in [3.8, 4) is 0 Å². The molecule has 0 saturated carbocycles. The van der Waals surface area contributed by atoms with Crippen LogP contribution in [0.2, 0.25) is 0 Å². The van der Waals surface area contributed by atoms with Gasteiger partial charge in [-0.05, 0) is 16.6 Å². The van der Waals surface area contributed by atoms with Crippen molar-refractivity contribution in [2.45, 2.75) is 12.5 Å². The Balaban J connectivity index is 2.71. The van der Waals surface area contributed by atoms with Crippen molar-refractivity contribution in [3.05, 3.63) is 47.0 Å². The highest BCUT2D eigenvalue weighted by Gasteiger charge is 2.20. The summed E-state index contributed by atoms with van der Waals surface area (Å²) < 4.78 is 0.526. The summed E-state index contributed by atoms with van der Waals surface area (Å²) >= 11 is 3.08. The molecule has 2 N–H and O–H groups in total. The Hall–Kier alpha value is -1.62. The van der Waals surface area contributed by atoms with Crippen LogP contribution in [0.15, 0.2) is 41.4 Å². The van der Waals surface area contributed by atoms with Crippen molar-refractivity contribution >= 4 is 27.8 Å². The minimum atomic E-state index is -1.09. The van der Waals surface area contributed by atoms with Gasteiger partial charge in [0, 0.05) is 12.0 Å². The van der Waals surface area contributed by atoms with Crippen LogP contribution in [0.1, 0.15) is 16.8 Å². The quantitative estimate of drug-likeness (QED) is 0.875. The Kier molecular flexibility index (Phi) is 4.90. The number of aliphatic carboxylic acids is 1. The average Bonchev–Trinajstić information content (AvgIpc) is 2.28. The number of benzene rings is 1. The standard InChI is InChI=1S/C12H12BrNO3/c1-8(13)7-10(12(16)17)14-11(15)9-5-3-2-4-6-9/h2-6,10H,1,7H2,(H,14,15)(H,16,17)/t10-/m1/s1. The predicted molar refractivity (Wildman–Crippen MR) is 68.0 cm³/mol. The molecule has 0 aliphatic rings. The van der Waals surface area contributed by atoms with Crippen molar-refractivity contribution in [1.29, 1.82) is 0 Å². The third-order valence-corrected chi connectivity index (χ3v) is 2.39. The third kappa shape index (κ3) is 4.40. The summed E-state index contributed by atoms with van der Waals surface area (Å²) in [6, 6.07) is 7.48. The summed E-state index contributed by atoms with van der Waals surface area (Å²) in [7, 11) is 0. The molecule has 0 aliphatic heterocycles. The Bertz CT molecular complexity index is 431. The van der Waals surface area contributed by atoms with E-state index >= 15 is 0 Å². The number of carbonyl (C=O) groups is 2. The van der Waals surface area contributed by atoms with Crippen molar-refractivity contribution in [3.63, 3.8) is 0 Å². The number of amides is 1. The fourth-order valence-corrected chi connectivity index (χ4v) is 1.58. The van der Waals surface area contributed by atoms with Gasteiger partial charge in [0.1, 0.15) is 6.04 Å². The lowest BCUT2D eigenvalue weighted by atomic mass is 10.1. The summed E-state index contributed by atoms with van der Waals surface area (Å²) in [5, 5.41) is 11.4. The highest BCUT2D eigenvalue weighted by molar-refractivity contribution is 9.11. The van der Waals surface area contributed by atoms with E-state index in [1.165, 1.54) is 0 Å². The molecule has 0 fully saturated rings. The van der Waals surface area contributed by atoms with Gasteiger partial charge in [-0.15, -0.1) is 0 Å². The zero-order valence-corrected chi connectivity index (χ0v) is 10.6.